The Labute approximate surface area is 186 Å². The van der Waals surface area contributed by atoms with Crippen LogP contribution in [0.4, 0.5) is 0 Å². The smallest absolute Gasteiger partial charge is 0.338 e. The van der Waals surface area contributed by atoms with Crippen LogP contribution in [0.2, 0.25) is 0 Å². The number of esters is 1. The monoisotopic (exact) mass is 429 g/mol. The van der Waals surface area contributed by atoms with Crippen LogP contribution in [0.25, 0.3) is 32.7 Å². The average molecular weight is 430 g/mol. The number of nitrogens with one attached hydrogen (secondary N) is 2. The quantitative estimate of drug-likeness (QED) is 0.266. The number of rotatable bonds is 7. The Morgan fingerprint density at radius 2 is 1.84 bits per heavy atom. The molecule has 0 aliphatic heterocycles. The second-order valence-electron chi connectivity index (χ2n) is 8.13. The van der Waals surface area contributed by atoms with Crippen LogP contribution >= 0.6 is 0 Å². The second-order valence-corrected chi connectivity index (χ2v) is 8.13. The molecule has 0 aliphatic carbocycles. The zero-order valence-electron chi connectivity index (χ0n) is 18.6. The maximum atomic E-state index is 12.7. The highest BCUT2D eigenvalue weighted by Crippen LogP contribution is 2.31. The summed E-state index contributed by atoms with van der Waals surface area (Å²) < 4.78 is 4.98. The van der Waals surface area contributed by atoms with Crippen LogP contribution in [-0.4, -0.2) is 50.1 Å². The summed E-state index contributed by atoms with van der Waals surface area (Å²) >= 11 is 0. The number of aromatic nitrogens is 1. The summed E-state index contributed by atoms with van der Waals surface area (Å²) in [6.45, 7) is 2.68. The molecule has 0 aliphatic rings. The molecule has 1 heterocycles. The minimum absolute atomic E-state index is 0.181. The van der Waals surface area contributed by atoms with Crippen molar-refractivity contribution in [2.75, 3.05) is 34.3 Å². The lowest BCUT2D eigenvalue weighted by atomic mass is 9.94. The first-order chi connectivity index (χ1) is 15.5. The third-order valence-corrected chi connectivity index (χ3v) is 5.60. The molecule has 0 spiro atoms. The van der Waals surface area contributed by atoms with Gasteiger partial charge in [-0.15, -0.1) is 0 Å². The molecule has 164 valence electrons. The van der Waals surface area contributed by atoms with Crippen molar-refractivity contribution in [3.05, 3.63) is 82.3 Å². The number of H-pyrrole nitrogens is 1. The van der Waals surface area contributed by atoms with Crippen LogP contribution in [0.15, 0.2) is 65.6 Å². The number of nitrogens with zero attached hydrogens (tertiary/aromatic N) is 1. The molecule has 4 aromatic rings. The fraction of sp³-hybridized carbons (Fsp3) is 0.231. The predicted octanol–water partition coefficient (Wildman–Crippen LogP) is 3.79. The molecule has 4 rings (SSSR count). The topological polar surface area (TPSA) is 74.4 Å². The molecule has 0 bridgehead atoms. The standard InChI is InChI=1S/C26H27N3O3/c1-29(2)12-11-27-16-17-5-4-6-18(13-17)19-7-8-21-22(14-19)24-20(9-10-28-25(24)30)15-23(21)26(31)32-3/h4-10,13-15,27H,11-12,16H2,1-3H3,(H,28,30). The first-order valence-corrected chi connectivity index (χ1v) is 10.6. The lowest BCUT2D eigenvalue weighted by molar-refractivity contribution is 0.0603. The number of ether oxygens (including phenoxy) is 1. The number of carbonyl (C=O) groups is 1. The van der Waals surface area contributed by atoms with Crippen LogP contribution in [0.1, 0.15) is 15.9 Å². The number of carbonyl (C=O) groups excluding carboxylic acids is 1. The molecule has 0 amide bonds. The van der Waals surface area contributed by atoms with E-state index in [-0.39, 0.29) is 5.56 Å². The Morgan fingerprint density at radius 3 is 2.62 bits per heavy atom. The van der Waals surface area contributed by atoms with Crippen LogP contribution < -0.4 is 10.9 Å². The van der Waals surface area contributed by atoms with Gasteiger partial charge in [-0.1, -0.05) is 30.3 Å². The summed E-state index contributed by atoms with van der Waals surface area (Å²) in [5, 5.41) is 6.17. The largest absolute Gasteiger partial charge is 0.465 e. The van der Waals surface area contributed by atoms with Crippen molar-refractivity contribution in [1.82, 2.24) is 15.2 Å². The van der Waals surface area contributed by atoms with Gasteiger partial charge in [-0.25, -0.2) is 4.79 Å². The Balaban J connectivity index is 1.78. The molecular weight excluding hydrogens is 402 g/mol. The van der Waals surface area contributed by atoms with E-state index < -0.39 is 5.97 Å². The summed E-state index contributed by atoms with van der Waals surface area (Å²) in [7, 11) is 5.48. The first-order valence-electron chi connectivity index (χ1n) is 10.6. The van der Waals surface area contributed by atoms with Gasteiger partial charge in [-0.3, -0.25) is 4.79 Å². The summed E-state index contributed by atoms with van der Waals surface area (Å²) in [6, 6.07) is 17.7. The zero-order chi connectivity index (χ0) is 22.7. The average Bonchev–Trinajstić information content (AvgIpc) is 2.80. The van der Waals surface area contributed by atoms with Gasteiger partial charge in [0, 0.05) is 25.8 Å². The lowest BCUT2D eigenvalue weighted by Crippen LogP contribution is -2.26. The Morgan fingerprint density at radius 1 is 1.03 bits per heavy atom. The summed E-state index contributed by atoms with van der Waals surface area (Å²) in [5.41, 5.74) is 3.50. The molecular formula is C26H27N3O3. The predicted molar refractivity (Wildman–Crippen MR) is 129 cm³/mol. The van der Waals surface area contributed by atoms with Crippen LogP contribution in [0.5, 0.6) is 0 Å². The maximum absolute atomic E-state index is 12.7. The zero-order valence-corrected chi connectivity index (χ0v) is 18.6. The highest BCUT2D eigenvalue weighted by atomic mass is 16.5. The maximum Gasteiger partial charge on any atom is 0.338 e. The van der Waals surface area contributed by atoms with Gasteiger partial charge in [0.25, 0.3) is 5.56 Å². The molecule has 0 radical (unpaired) electrons. The number of pyridine rings is 1. The van der Waals surface area contributed by atoms with E-state index in [2.05, 4.69) is 47.5 Å². The fourth-order valence-corrected chi connectivity index (χ4v) is 3.97. The minimum atomic E-state index is -0.421. The molecule has 2 N–H and O–H groups in total. The van der Waals surface area contributed by atoms with Crippen LogP contribution in [0.3, 0.4) is 0 Å². The first kappa shape index (κ1) is 21.7. The molecule has 3 aromatic carbocycles. The Hall–Kier alpha value is -3.48. The molecule has 6 heteroatoms. The molecule has 32 heavy (non-hydrogen) atoms. The number of fused-ring (bicyclic) bond motifs is 3. The van der Waals surface area contributed by atoms with Crippen molar-refractivity contribution in [1.29, 1.82) is 0 Å². The molecule has 0 atom stereocenters. The van der Waals surface area contributed by atoms with E-state index in [1.54, 1.807) is 18.3 Å². The highest BCUT2D eigenvalue weighted by Gasteiger charge is 2.16. The van der Waals surface area contributed by atoms with E-state index >= 15 is 0 Å². The Kier molecular flexibility index (Phi) is 6.35. The van der Waals surface area contributed by atoms with E-state index in [0.717, 1.165) is 36.1 Å². The lowest BCUT2D eigenvalue weighted by Gasteiger charge is -2.12. The van der Waals surface area contributed by atoms with E-state index in [1.807, 2.05) is 24.3 Å². The van der Waals surface area contributed by atoms with Crippen molar-refractivity contribution in [3.63, 3.8) is 0 Å². The van der Waals surface area contributed by atoms with Gasteiger partial charge in [0.05, 0.1) is 18.1 Å². The van der Waals surface area contributed by atoms with Gasteiger partial charge >= 0.3 is 5.97 Å². The van der Waals surface area contributed by atoms with E-state index in [1.165, 1.54) is 12.7 Å². The number of benzene rings is 3. The van der Waals surface area contributed by atoms with Gasteiger partial charge in [0.2, 0.25) is 0 Å². The van der Waals surface area contributed by atoms with E-state index in [0.29, 0.717) is 21.7 Å². The molecule has 1 aromatic heterocycles. The van der Waals surface area contributed by atoms with Crippen molar-refractivity contribution in [2.45, 2.75) is 6.54 Å². The van der Waals surface area contributed by atoms with Crippen molar-refractivity contribution >= 4 is 27.5 Å². The molecule has 0 saturated carbocycles. The van der Waals surface area contributed by atoms with Gasteiger partial charge in [0.15, 0.2) is 0 Å². The Bertz CT molecular complexity index is 1340. The van der Waals surface area contributed by atoms with E-state index in [4.69, 9.17) is 4.74 Å². The number of aromatic amines is 1. The number of hydrogen-bond acceptors (Lipinski definition) is 5. The van der Waals surface area contributed by atoms with E-state index in [9.17, 15) is 9.59 Å². The molecule has 0 fully saturated rings. The summed E-state index contributed by atoms with van der Waals surface area (Å²) in [4.78, 5) is 30.0. The van der Waals surface area contributed by atoms with Gasteiger partial charge in [-0.05, 0) is 71.2 Å². The minimum Gasteiger partial charge on any atom is -0.465 e. The van der Waals surface area contributed by atoms with Crippen LogP contribution in [0, 0.1) is 0 Å². The summed E-state index contributed by atoms with van der Waals surface area (Å²) in [6.07, 6.45) is 1.59. The molecule has 0 saturated heterocycles. The number of hydrogen-bond donors (Lipinski definition) is 2. The van der Waals surface area contributed by atoms with Crippen molar-refractivity contribution in [2.24, 2.45) is 0 Å². The second kappa shape index (κ2) is 9.34. The SMILES string of the molecule is COC(=O)c1cc2cc[nH]c(=O)c2c2cc(-c3cccc(CNCCN(C)C)c3)ccc12. The highest BCUT2D eigenvalue weighted by molar-refractivity contribution is 6.16. The van der Waals surface area contributed by atoms with Gasteiger partial charge < -0.3 is 19.9 Å². The normalized spacial score (nSPS) is 11.4. The number of methoxy groups -OCH3 is 1. The van der Waals surface area contributed by atoms with Crippen molar-refractivity contribution in [3.8, 4) is 11.1 Å². The fourth-order valence-electron chi connectivity index (χ4n) is 3.97. The summed E-state index contributed by atoms with van der Waals surface area (Å²) in [5.74, 6) is -0.421. The third kappa shape index (κ3) is 4.42. The van der Waals surface area contributed by atoms with Crippen LogP contribution in [-0.2, 0) is 11.3 Å². The van der Waals surface area contributed by atoms with Crippen molar-refractivity contribution < 1.29 is 9.53 Å². The van der Waals surface area contributed by atoms with Gasteiger partial charge in [-0.2, -0.15) is 0 Å². The molecule has 6 nitrogen and oxygen atoms in total. The number of likely N-dealkylation sites (N-methyl/N-ethyl adjacent to an activating group) is 1. The third-order valence-electron chi connectivity index (χ3n) is 5.60. The van der Waals surface area contributed by atoms with Gasteiger partial charge in [0.1, 0.15) is 0 Å². The molecule has 0 unspecified atom stereocenters.